The molecule has 7 nitrogen and oxygen atoms in total. The summed E-state index contributed by atoms with van der Waals surface area (Å²) < 4.78 is 10.3. The number of benzene rings is 1. The average molecular weight is 345 g/mol. The molecule has 0 radical (unpaired) electrons. The van der Waals surface area contributed by atoms with Crippen LogP contribution in [0.4, 0.5) is 16.2 Å². The van der Waals surface area contributed by atoms with Gasteiger partial charge in [0, 0.05) is 24.0 Å². The third-order valence-corrected chi connectivity index (χ3v) is 3.57. The number of rotatable bonds is 6. The third kappa shape index (κ3) is 5.36. The summed E-state index contributed by atoms with van der Waals surface area (Å²) in [7, 11) is 1.45. The highest BCUT2D eigenvalue weighted by atomic mass is 16.5. The first-order chi connectivity index (χ1) is 11.9. The minimum absolute atomic E-state index is 0.0286. The van der Waals surface area contributed by atoms with Crippen LogP contribution in [0, 0.1) is 13.8 Å². The van der Waals surface area contributed by atoms with Crippen LogP contribution in [0.25, 0.3) is 0 Å². The number of hydrogen-bond acceptors (Lipinski definition) is 4. The SMILES string of the molecule is COCC(=O)Nc1cccc(NC(=O)NC(C)c2cc(C)oc2C)c1. The number of aryl methyl sites for hydroxylation is 2. The highest BCUT2D eigenvalue weighted by Crippen LogP contribution is 2.21. The van der Waals surface area contributed by atoms with Crippen molar-refractivity contribution in [2.24, 2.45) is 0 Å². The Hall–Kier alpha value is -2.80. The first kappa shape index (κ1) is 18.5. The molecule has 1 heterocycles. The number of ether oxygens (including phenoxy) is 1. The van der Waals surface area contributed by atoms with Crippen LogP contribution in [0.15, 0.2) is 34.7 Å². The Kier molecular flexibility index (Phi) is 6.19. The number of methoxy groups -OCH3 is 1. The molecule has 1 aromatic carbocycles. The molecule has 2 rings (SSSR count). The maximum atomic E-state index is 12.2. The number of carbonyl (C=O) groups is 2. The first-order valence-electron chi connectivity index (χ1n) is 7.92. The molecule has 0 saturated carbocycles. The summed E-state index contributed by atoms with van der Waals surface area (Å²) >= 11 is 0. The molecule has 7 heteroatoms. The maximum absolute atomic E-state index is 12.2. The summed E-state index contributed by atoms with van der Waals surface area (Å²) in [6.07, 6.45) is 0. The first-order valence-corrected chi connectivity index (χ1v) is 7.92. The standard InChI is InChI=1S/C18H23N3O4/c1-11-8-16(13(3)25-11)12(2)19-18(23)21-15-7-5-6-14(9-15)20-17(22)10-24-4/h5-9,12H,10H2,1-4H3,(H,20,22)(H2,19,21,23). The van der Waals surface area contributed by atoms with Crippen molar-refractivity contribution in [3.05, 3.63) is 47.4 Å². The van der Waals surface area contributed by atoms with Gasteiger partial charge < -0.3 is 25.1 Å². The normalized spacial score (nSPS) is 11.7. The predicted octanol–water partition coefficient (Wildman–Crippen LogP) is 3.36. The molecule has 0 spiro atoms. The Morgan fingerprint density at radius 3 is 2.44 bits per heavy atom. The molecule has 134 valence electrons. The van der Waals surface area contributed by atoms with Crippen molar-refractivity contribution in [3.8, 4) is 0 Å². The van der Waals surface area contributed by atoms with Gasteiger partial charge in [-0.2, -0.15) is 0 Å². The summed E-state index contributed by atoms with van der Waals surface area (Å²) in [4.78, 5) is 23.7. The average Bonchev–Trinajstić information content (AvgIpc) is 2.86. The lowest BCUT2D eigenvalue weighted by molar-refractivity contribution is -0.119. The van der Waals surface area contributed by atoms with E-state index >= 15 is 0 Å². The highest BCUT2D eigenvalue weighted by molar-refractivity contribution is 5.94. The molecule has 1 unspecified atom stereocenters. The third-order valence-electron chi connectivity index (χ3n) is 3.57. The second kappa shape index (κ2) is 8.34. The van der Waals surface area contributed by atoms with Gasteiger partial charge in [-0.15, -0.1) is 0 Å². The number of urea groups is 1. The van der Waals surface area contributed by atoms with Gasteiger partial charge in [-0.05, 0) is 45.0 Å². The quantitative estimate of drug-likeness (QED) is 0.748. The van der Waals surface area contributed by atoms with E-state index in [1.807, 2.05) is 26.8 Å². The smallest absolute Gasteiger partial charge is 0.319 e. The van der Waals surface area contributed by atoms with Gasteiger partial charge in [0.1, 0.15) is 18.1 Å². The Labute approximate surface area is 146 Å². The largest absolute Gasteiger partial charge is 0.466 e. The van der Waals surface area contributed by atoms with E-state index < -0.39 is 0 Å². The minimum atomic E-state index is -0.342. The van der Waals surface area contributed by atoms with Crippen LogP contribution in [-0.4, -0.2) is 25.7 Å². The number of hydrogen-bond donors (Lipinski definition) is 3. The maximum Gasteiger partial charge on any atom is 0.319 e. The van der Waals surface area contributed by atoms with E-state index in [0.29, 0.717) is 11.4 Å². The van der Waals surface area contributed by atoms with Crippen LogP contribution in [0.5, 0.6) is 0 Å². The Morgan fingerprint density at radius 2 is 1.84 bits per heavy atom. The van der Waals surface area contributed by atoms with E-state index in [1.165, 1.54) is 7.11 Å². The predicted molar refractivity (Wildman–Crippen MR) is 95.7 cm³/mol. The molecule has 3 amide bonds. The molecule has 0 bridgehead atoms. The van der Waals surface area contributed by atoms with Gasteiger partial charge in [0.2, 0.25) is 5.91 Å². The molecular weight excluding hydrogens is 322 g/mol. The molecule has 0 fully saturated rings. The second-order valence-electron chi connectivity index (χ2n) is 5.75. The lowest BCUT2D eigenvalue weighted by Gasteiger charge is -2.14. The van der Waals surface area contributed by atoms with E-state index in [0.717, 1.165) is 17.1 Å². The number of furan rings is 1. The molecule has 2 aromatic rings. The molecule has 0 aliphatic carbocycles. The molecule has 3 N–H and O–H groups in total. The minimum Gasteiger partial charge on any atom is -0.466 e. The summed E-state index contributed by atoms with van der Waals surface area (Å²) in [6.45, 7) is 5.59. The van der Waals surface area contributed by atoms with Gasteiger partial charge in [-0.1, -0.05) is 6.07 Å². The van der Waals surface area contributed by atoms with Crippen LogP contribution in [-0.2, 0) is 9.53 Å². The van der Waals surface area contributed by atoms with Gasteiger partial charge in [-0.3, -0.25) is 4.79 Å². The van der Waals surface area contributed by atoms with Gasteiger partial charge >= 0.3 is 6.03 Å². The van der Waals surface area contributed by atoms with Crippen LogP contribution >= 0.6 is 0 Å². The van der Waals surface area contributed by atoms with E-state index in [9.17, 15) is 9.59 Å². The molecule has 0 aliphatic rings. The summed E-state index contributed by atoms with van der Waals surface area (Å²) in [5.41, 5.74) is 2.09. The molecule has 0 aliphatic heterocycles. The molecular formula is C18H23N3O4. The van der Waals surface area contributed by atoms with Crippen LogP contribution in [0.1, 0.15) is 30.0 Å². The second-order valence-corrected chi connectivity index (χ2v) is 5.75. The molecule has 1 aromatic heterocycles. The Balaban J connectivity index is 1.96. The molecule has 25 heavy (non-hydrogen) atoms. The topological polar surface area (TPSA) is 92.6 Å². The van der Waals surface area contributed by atoms with Gasteiger partial charge in [-0.25, -0.2) is 4.79 Å². The van der Waals surface area contributed by atoms with E-state index in [-0.39, 0.29) is 24.6 Å². The Bertz CT molecular complexity index is 755. The van der Waals surface area contributed by atoms with Gasteiger partial charge in [0.15, 0.2) is 0 Å². The van der Waals surface area contributed by atoms with Crippen molar-refractivity contribution in [2.75, 3.05) is 24.4 Å². The van der Waals surface area contributed by atoms with Gasteiger partial charge in [0.05, 0.1) is 6.04 Å². The number of anilines is 2. The fraction of sp³-hybridized carbons (Fsp3) is 0.333. The summed E-state index contributed by atoms with van der Waals surface area (Å²) in [6, 6.07) is 8.26. The van der Waals surface area contributed by atoms with E-state index in [1.54, 1.807) is 24.3 Å². The molecule has 1 atom stereocenters. The lowest BCUT2D eigenvalue weighted by atomic mass is 10.1. The number of amides is 3. The monoisotopic (exact) mass is 345 g/mol. The fourth-order valence-electron chi connectivity index (χ4n) is 2.52. The number of carbonyl (C=O) groups excluding carboxylic acids is 2. The van der Waals surface area contributed by atoms with Crippen molar-refractivity contribution in [2.45, 2.75) is 26.8 Å². The lowest BCUT2D eigenvalue weighted by Crippen LogP contribution is -2.31. The molecule has 0 saturated heterocycles. The van der Waals surface area contributed by atoms with Crippen molar-refractivity contribution < 1.29 is 18.7 Å². The van der Waals surface area contributed by atoms with Gasteiger partial charge in [0.25, 0.3) is 0 Å². The zero-order valence-electron chi connectivity index (χ0n) is 14.8. The van der Waals surface area contributed by atoms with Crippen LogP contribution in [0.3, 0.4) is 0 Å². The van der Waals surface area contributed by atoms with Crippen molar-refractivity contribution >= 4 is 23.3 Å². The van der Waals surface area contributed by atoms with Crippen molar-refractivity contribution in [1.29, 1.82) is 0 Å². The fourth-order valence-corrected chi connectivity index (χ4v) is 2.52. The Morgan fingerprint density at radius 1 is 1.16 bits per heavy atom. The van der Waals surface area contributed by atoms with E-state index in [4.69, 9.17) is 9.15 Å². The summed E-state index contributed by atoms with van der Waals surface area (Å²) in [5.74, 6) is 1.33. The zero-order valence-corrected chi connectivity index (χ0v) is 14.8. The van der Waals surface area contributed by atoms with E-state index in [2.05, 4.69) is 16.0 Å². The van der Waals surface area contributed by atoms with Crippen LogP contribution in [0.2, 0.25) is 0 Å². The zero-order chi connectivity index (χ0) is 18.4. The summed E-state index contributed by atoms with van der Waals surface area (Å²) in [5, 5.41) is 8.30. The number of nitrogens with one attached hydrogen (secondary N) is 3. The van der Waals surface area contributed by atoms with Crippen LogP contribution < -0.4 is 16.0 Å². The van der Waals surface area contributed by atoms with Crippen molar-refractivity contribution in [1.82, 2.24) is 5.32 Å². The highest BCUT2D eigenvalue weighted by Gasteiger charge is 2.15. The van der Waals surface area contributed by atoms with Crippen molar-refractivity contribution in [3.63, 3.8) is 0 Å².